The van der Waals surface area contributed by atoms with Gasteiger partial charge in [-0.15, -0.1) is 0 Å². The van der Waals surface area contributed by atoms with Crippen LogP contribution in [0.15, 0.2) is 188 Å². The van der Waals surface area contributed by atoms with Crippen molar-refractivity contribution in [3.63, 3.8) is 0 Å². The first kappa shape index (κ1) is 34.4. The topological polar surface area (TPSA) is 57.1 Å². The van der Waals surface area contributed by atoms with Crippen LogP contribution in [0.2, 0.25) is 0 Å². The van der Waals surface area contributed by atoms with Gasteiger partial charge in [0.25, 0.3) is 0 Å². The SMILES string of the molecule is CC1(C)c2ccccc2-c2ccc(-c3nc(-c4ccccc4)nc(-c4ccc5c(c4)Oc4cc6c(cc4O5)C(c4ccccc4)(c4ccccc4)c4ccccc4-6)n3)cc21. The summed E-state index contributed by atoms with van der Waals surface area (Å²) < 4.78 is 13.6. The zero-order valence-electron chi connectivity index (χ0n) is 33.1. The maximum atomic E-state index is 6.80. The quantitative estimate of drug-likeness (QED) is 0.174. The molecule has 2 heterocycles. The Morgan fingerprint density at radius 1 is 0.333 bits per heavy atom. The summed E-state index contributed by atoms with van der Waals surface area (Å²) in [4.78, 5) is 15.3. The van der Waals surface area contributed by atoms with Gasteiger partial charge in [0.05, 0.1) is 5.41 Å². The molecule has 0 atom stereocenters. The van der Waals surface area contributed by atoms with Gasteiger partial charge in [-0.25, -0.2) is 15.0 Å². The summed E-state index contributed by atoms with van der Waals surface area (Å²) in [6.07, 6.45) is 0. The van der Waals surface area contributed by atoms with E-state index in [0.717, 1.165) is 27.8 Å². The van der Waals surface area contributed by atoms with Crippen LogP contribution in [0.25, 0.3) is 56.4 Å². The monoisotopic (exact) mass is 771 g/mol. The summed E-state index contributed by atoms with van der Waals surface area (Å²) in [5.41, 5.74) is 14.2. The summed E-state index contributed by atoms with van der Waals surface area (Å²) >= 11 is 0. The normalized spacial score (nSPS) is 14.4. The third kappa shape index (κ3) is 5.02. The molecular weight excluding hydrogens is 735 g/mol. The summed E-state index contributed by atoms with van der Waals surface area (Å²) in [5, 5.41) is 0. The van der Waals surface area contributed by atoms with Crippen LogP contribution < -0.4 is 9.47 Å². The fourth-order valence-electron chi connectivity index (χ4n) is 9.85. The smallest absolute Gasteiger partial charge is 0.170 e. The molecular formula is C55H37N3O2. The molecule has 0 saturated carbocycles. The molecule has 1 aromatic heterocycles. The lowest BCUT2D eigenvalue weighted by atomic mass is 9.67. The maximum absolute atomic E-state index is 6.80. The lowest BCUT2D eigenvalue weighted by molar-refractivity contribution is 0.359. The number of hydrogen-bond donors (Lipinski definition) is 0. The highest BCUT2D eigenvalue weighted by molar-refractivity contribution is 5.89. The van der Waals surface area contributed by atoms with Gasteiger partial charge in [-0.3, -0.25) is 0 Å². The average molecular weight is 772 g/mol. The second-order valence-electron chi connectivity index (χ2n) is 16.3. The van der Waals surface area contributed by atoms with Gasteiger partial charge in [-0.05, 0) is 92.0 Å². The van der Waals surface area contributed by atoms with Gasteiger partial charge in [0.15, 0.2) is 40.5 Å². The molecule has 5 heteroatoms. The molecule has 2 aliphatic carbocycles. The first-order chi connectivity index (χ1) is 29.5. The molecule has 12 rings (SSSR count). The second kappa shape index (κ2) is 12.9. The molecule has 0 unspecified atom stereocenters. The first-order valence-corrected chi connectivity index (χ1v) is 20.4. The van der Waals surface area contributed by atoms with E-state index in [9.17, 15) is 0 Å². The molecule has 284 valence electrons. The predicted octanol–water partition coefficient (Wildman–Crippen LogP) is 13.4. The van der Waals surface area contributed by atoms with Crippen molar-refractivity contribution in [3.05, 3.63) is 221 Å². The Morgan fingerprint density at radius 2 is 0.817 bits per heavy atom. The zero-order chi connectivity index (χ0) is 40.0. The van der Waals surface area contributed by atoms with Crippen LogP contribution in [-0.2, 0) is 10.8 Å². The minimum atomic E-state index is -0.539. The fourth-order valence-corrected chi connectivity index (χ4v) is 9.85. The van der Waals surface area contributed by atoms with Crippen molar-refractivity contribution in [2.75, 3.05) is 0 Å². The van der Waals surface area contributed by atoms with Crippen molar-refractivity contribution < 1.29 is 9.47 Å². The molecule has 8 aromatic carbocycles. The van der Waals surface area contributed by atoms with Crippen molar-refractivity contribution in [1.82, 2.24) is 15.0 Å². The van der Waals surface area contributed by atoms with Crippen molar-refractivity contribution in [2.24, 2.45) is 0 Å². The van der Waals surface area contributed by atoms with Gasteiger partial charge >= 0.3 is 0 Å². The highest BCUT2D eigenvalue weighted by Gasteiger charge is 2.47. The molecule has 3 aliphatic rings. The van der Waals surface area contributed by atoms with Crippen LogP contribution in [0.3, 0.4) is 0 Å². The number of benzene rings is 8. The number of ether oxygens (including phenoxy) is 2. The van der Waals surface area contributed by atoms with E-state index in [1.54, 1.807) is 0 Å². The molecule has 60 heavy (non-hydrogen) atoms. The third-order valence-electron chi connectivity index (χ3n) is 12.7. The van der Waals surface area contributed by atoms with E-state index in [2.05, 4.69) is 153 Å². The van der Waals surface area contributed by atoms with E-state index in [0.29, 0.717) is 40.5 Å². The molecule has 0 spiro atoms. The van der Waals surface area contributed by atoms with Gasteiger partial charge in [0.1, 0.15) is 0 Å². The van der Waals surface area contributed by atoms with E-state index in [1.807, 2.05) is 48.5 Å². The van der Waals surface area contributed by atoms with Crippen LogP contribution in [0.5, 0.6) is 23.0 Å². The zero-order valence-corrected chi connectivity index (χ0v) is 33.1. The standard InChI is InChI=1S/C55H37N3O2/c1-54(2)43-24-14-12-22-39(43)41-28-26-35(30-45(41)54)52-56-51(34-16-6-3-7-17-34)57-53(58-52)36-27-29-47-48(31-36)60-49-32-42-40-23-13-15-25-44(40)55(37-18-8-4-9-19-37,38-20-10-5-11-21-38)46(42)33-50(49)59-47/h3-33H,1-2H3. The highest BCUT2D eigenvalue weighted by Crippen LogP contribution is 2.60. The first-order valence-electron chi connectivity index (χ1n) is 20.4. The van der Waals surface area contributed by atoms with Crippen LogP contribution in [-0.4, -0.2) is 15.0 Å². The highest BCUT2D eigenvalue weighted by atomic mass is 16.6. The molecule has 1 aliphatic heterocycles. The Bertz CT molecular complexity index is 3140. The van der Waals surface area contributed by atoms with Crippen LogP contribution in [0.1, 0.15) is 47.2 Å². The summed E-state index contributed by atoms with van der Waals surface area (Å²) in [7, 11) is 0. The van der Waals surface area contributed by atoms with Gasteiger partial charge in [-0.1, -0.05) is 166 Å². The minimum Gasteiger partial charge on any atom is -0.450 e. The van der Waals surface area contributed by atoms with Gasteiger partial charge in [0.2, 0.25) is 0 Å². The largest absolute Gasteiger partial charge is 0.450 e. The maximum Gasteiger partial charge on any atom is 0.170 e. The minimum absolute atomic E-state index is 0.154. The third-order valence-corrected chi connectivity index (χ3v) is 12.7. The molecule has 0 radical (unpaired) electrons. The Hall–Kier alpha value is -7.63. The van der Waals surface area contributed by atoms with Gasteiger partial charge < -0.3 is 9.47 Å². The van der Waals surface area contributed by atoms with Gasteiger partial charge in [0, 0.05) is 22.1 Å². The van der Waals surface area contributed by atoms with Crippen molar-refractivity contribution in [1.29, 1.82) is 0 Å². The molecule has 0 N–H and O–H groups in total. The van der Waals surface area contributed by atoms with Crippen LogP contribution >= 0.6 is 0 Å². The number of aromatic nitrogens is 3. The summed E-state index contributed by atoms with van der Waals surface area (Å²) in [6, 6.07) is 65.9. The van der Waals surface area contributed by atoms with Gasteiger partial charge in [-0.2, -0.15) is 0 Å². The van der Waals surface area contributed by atoms with Crippen molar-refractivity contribution >= 4 is 0 Å². The Balaban J connectivity index is 0.966. The Morgan fingerprint density at radius 3 is 1.50 bits per heavy atom. The van der Waals surface area contributed by atoms with E-state index in [4.69, 9.17) is 24.4 Å². The van der Waals surface area contributed by atoms with Crippen molar-refractivity contribution in [2.45, 2.75) is 24.7 Å². The van der Waals surface area contributed by atoms with E-state index in [-0.39, 0.29) is 5.41 Å². The van der Waals surface area contributed by atoms with E-state index >= 15 is 0 Å². The second-order valence-corrected chi connectivity index (χ2v) is 16.3. The van der Waals surface area contributed by atoms with Crippen molar-refractivity contribution in [3.8, 4) is 79.4 Å². The lowest BCUT2D eigenvalue weighted by Crippen LogP contribution is -2.28. The number of fused-ring (bicyclic) bond motifs is 8. The lowest BCUT2D eigenvalue weighted by Gasteiger charge is -2.34. The average Bonchev–Trinajstić information content (AvgIpc) is 3.72. The molecule has 0 saturated heterocycles. The Labute approximate surface area is 348 Å². The molecule has 9 aromatic rings. The van der Waals surface area contributed by atoms with Crippen LogP contribution in [0.4, 0.5) is 0 Å². The van der Waals surface area contributed by atoms with E-state index < -0.39 is 5.41 Å². The molecule has 0 bridgehead atoms. The predicted molar refractivity (Wildman–Crippen MR) is 238 cm³/mol. The molecule has 5 nitrogen and oxygen atoms in total. The number of hydrogen-bond acceptors (Lipinski definition) is 5. The van der Waals surface area contributed by atoms with E-state index in [1.165, 1.54) is 44.5 Å². The number of nitrogens with zero attached hydrogens (tertiary/aromatic N) is 3. The summed E-state index contributed by atoms with van der Waals surface area (Å²) in [6.45, 7) is 4.58. The van der Waals surface area contributed by atoms with Crippen LogP contribution in [0, 0.1) is 0 Å². The molecule has 0 fully saturated rings. The summed E-state index contributed by atoms with van der Waals surface area (Å²) in [5.74, 6) is 4.34. The number of rotatable bonds is 5. The fraction of sp³-hybridized carbons (Fsp3) is 0.0727. The Kier molecular flexibility index (Phi) is 7.42. The molecule has 0 amide bonds.